The number of rotatable bonds is 3. The Kier molecular flexibility index (Phi) is 3.17. The van der Waals surface area contributed by atoms with Gasteiger partial charge in [-0.25, -0.2) is 12.8 Å². The van der Waals surface area contributed by atoms with Crippen LogP contribution in [0.3, 0.4) is 0 Å². The number of benzene rings is 1. The first kappa shape index (κ1) is 12.1. The van der Waals surface area contributed by atoms with Crippen molar-refractivity contribution in [2.75, 3.05) is 5.73 Å². The van der Waals surface area contributed by atoms with E-state index in [1.165, 1.54) is 17.4 Å². The lowest BCUT2D eigenvalue weighted by Crippen LogP contribution is -2.07. The van der Waals surface area contributed by atoms with Crippen LogP contribution in [0.25, 0.3) is 0 Å². The minimum Gasteiger partial charge on any atom is -0.398 e. The zero-order valence-corrected chi connectivity index (χ0v) is 10.4. The van der Waals surface area contributed by atoms with E-state index in [4.69, 9.17) is 5.73 Å². The van der Waals surface area contributed by atoms with Gasteiger partial charge in [0.15, 0.2) is 9.84 Å². The van der Waals surface area contributed by atoms with E-state index in [1.807, 2.05) is 0 Å². The van der Waals surface area contributed by atoms with Crippen LogP contribution in [0.5, 0.6) is 0 Å². The van der Waals surface area contributed by atoms with Crippen molar-refractivity contribution >= 4 is 26.9 Å². The highest BCUT2D eigenvalue weighted by Crippen LogP contribution is 2.24. The molecule has 0 aliphatic rings. The van der Waals surface area contributed by atoms with E-state index in [1.54, 1.807) is 17.5 Å². The molecule has 0 fully saturated rings. The Balaban J connectivity index is 2.38. The largest absolute Gasteiger partial charge is 0.398 e. The van der Waals surface area contributed by atoms with Crippen LogP contribution in [0.15, 0.2) is 40.6 Å². The quantitative estimate of drug-likeness (QED) is 0.689. The summed E-state index contributed by atoms with van der Waals surface area (Å²) in [5, 5.41) is 1.80. The fourth-order valence-electron chi connectivity index (χ4n) is 1.46. The molecule has 2 N–H and O–H groups in total. The van der Waals surface area contributed by atoms with Crippen molar-refractivity contribution in [2.45, 2.75) is 10.6 Å². The summed E-state index contributed by atoms with van der Waals surface area (Å²) < 4.78 is 36.9. The summed E-state index contributed by atoms with van der Waals surface area (Å²) in [7, 11) is -3.51. The van der Waals surface area contributed by atoms with Crippen molar-refractivity contribution in [3.63, 3.8) is 0 Å². The second-order valence-corrected chi connectivity index (χ2v) is 6.51. The highest BCUT2D eigenvalue weighted by Gasteiger charge is 2.19. The van der Waals surface area contributed by atoms with Gasteiger partial charge in [-0.05, 0) is 29.6 Å². The topological polar surface area (TPSA) is 60.2 Å². The lowest BCUT2D eigenvalue weighted by molar-refractivity contribution is 0.595. The first-order valence-corrected chi connectivity index (χ1v) is 7.32. The second kappa shape index (κ2) is 4.46. The summed E-state index contributed by atoms with van der Waals surface area (Å²) in [6, 6.07) is 6.83. The minimum atomic E-state index is -3.51. The number of hydrogen-bond acceptors (Lipinski definition) is 4. The average molecular weight is 271 g/mol. The molecular formula is C11H10FNO2S2. The SMILES string of the molecule is Nc1cc(F)ccc1S(=O)(=O)Cc1cccs1. The zero-order chi connectivity index (χ0) is 12.5. The van der Waals surface area contributed by atoms with Gasteiger partial charge < -0.3 is 5.73 Å². The number of thiophene rings is 1. The number of anilines is 1. The number of sulfone groups is 1. The maximum absolute atomic E-state index is 12.8. The lowest BCUT2D eigenvalue weighted by Gasteiger charge is -2.06. The van der Waals surface area contributed by atoms with E-state index in [9.17, 15) is 12.8 Å². The van der Waals surface area contributed by atoms with Crippen molar-refractivity contribution in [3.8, 4) is 0 Å². The number of nitrogen functional groups attached to an aromatic ring is 1. The molecule has 1 aromatic heterocycles. The van der Waals surface area contributed by atoms with Crippen LogP contribution in [0.1, 0.15) is 4.88 Å². The van der Waals surface area contributed by atoms with Crippen molar-refractivity contribution in [2.24, 2.45) is 0 Å². The molecule has 17 heavy (non-hydrogen) atoms. The fourth-order valence-corrected chi connectivity index (χ4v) is 4.01. The normalized spacial score (nSPS) is 11.6. The van der Waals surface area contributed by atoms with E-state index in [2.05, 4.69) is 0 Å². The molecule has 0 bridgehead atoms. The van der Waals surface area contributed by atoms with Gasteiger partial charge in [-0.1, -0.05) is 6.07 Å². The van der Waals surface area contributed by atoms with Gasteiger partial charge in [0, 0.05) is 4.88 Å². The van der Waals surface area contributed by atoms with Gasteiger partial charge in [-0.3, -0.25) is 0 Å². The third kappa shape index (κ3) is 2.65. The molecular weight excluding hydrogens is 261 g/mol. The Labute approximate surface area is 103 Å². The number of hydrogen-bond donors (Lipinski definition) is 1. The predicted octanol–water partition coefficient (Wildman–Crippen LogP) is 2.44. The first-order chi connectivity index (χ1) is 7.99. The molecule has 0 aliphatic heterocycles. The predicted molar refractivity (Wildman–Crippen MR) is 66.0 cm³/mol. The highest BCUT2D eigenvalue weighted by molar-refractivity contribution is 7.91. The zero-order valence-electron chi connectivity index (χ0n) is 8.76. The molecule has 0 radical (unpaired) electrons. The Hall–Kier alpha value is -1.40. The fraction of sp³-hybridized carbons (Fsp3) is 0.0909. The van der Waals surface area contributed by atoms with E-state index >= 15 is 0 Å². The maximum Gasteiger partial charge on any atom is 0.185 e. The average Bonchev–Trinajstić information content (AvgIpc) is 2.68. The van der Waals surface area contributed by atoms with Gasteiger partial charge in [0.05, 0.1) is 16.3 Å². The molecule has 0 aliphatic carbocycles. The third-order valence-electron chi connectivity index (χ3n) is 2.22. The molecule has 6 heteroatoms. The summed E-state index contributed by atoms with van der Waals surface area (Å²) in [6.07, 6.45) is 0. The third-order valence-corrected chi connectivity index (χ3v) is 5.01. The van der Waals surface area contributed by atoms with Crippen molar-refractivity contribution < 1.29 is 12.8 Å². The molecule has 0 amide bonds. The number of halogens is 1. The van der Waals surface area contributed by atoms with Crippen LogP contribution in [0.2, 0.25) is 0 Å². The molecule has 0 atom stereocenters. The molecule has 1 heterocycles. The Morgan fingerprint density at radius 1 is 1.29 bits per heavy atom. The monoisotopic (exact) mass is 271 g/mol. The molecule has 3 nitrogen and oxygen atoms in total. The smallest absolute Gasteiger partial charge is 0.185 e. The second-order valence-electron chi connectivity index (χ2n) is 3.52. The van der Waals surface area contributed by atoms with Crippen LogP contribution in [0.4, 0.5) is 10.1 Å². The van der Waals surface area contributed by atoms with Crippen LogP contribution < -0.4 is 5.73 Å². The lowest BCUT2D eigenvalue weighted by atomic mass is 10.3. The molecule has 0 unspecified atom stereocenters. The van der Waals surface area contributed by atoms with Gasteiger partial charge in [0.2, 0.25) is 0 Å². The summed E-state index contributed by atoms with van der Waals surface area (Å²) in [4.78, 5) is 0.709. The number of nitrogens with two attached hydrogens (primary N) is 1. The van der Waals surface area contributed by atoms with Crippen molar-refractivity contribution in [1.29, 1.82) is 0 Å². The van der Waals surface area contributed by atoms with Gasteiger partial charge in [-0.15, -0.1) is 11.3 Å². The molecule has 0 saturated heterocycles. The molecule has 0 saturated carbocycles. The van der Waals surface area contributed by atoms with Gasteiger partial charge in [0.25, 0.3) is 0 Å². The summed E-state index contributed by atoms with van der Waals surface area (Å²) >= 11 is 1.36. The van der Waals surface area contributed by atoms with Crippen molar-refractivity contribution in [1.82, 2.24) is 0 Å². The molecule has 0 spiro atoms. The van der Waals surface area contributed by atoms with Crippen LogP contribution >= 0.6 is 11.3 Å². The Bertz CT molecular complexity index is 621. The van der Waals surface area contributed by atoms with Crippen LogP contribution in [0, 0.1) is 5.82 Å². The highest BCUT2D eigenvalue weighted by atomic mass is 32.2. The molecule has 90 valence electrons. The van der Waals surface area contributed by atoms with Gasteiger partial charge in [0.1, 0.15) is 5.82 Å². The first-order valence-electron chi connectivity index (χ1n) is 4.79. The molecule has 2 rings (SSSR count). The summed E-state index contributed by atoms with van der Waals surface area (Å²) in [6.45, 7) is 0. The van der Waals surface area contributed by atoms with E-state index < -0.39 is 15.7 Å². The van der Waals surface area contributed by atoms with E-state index in [0.717, 1.165) is 17.0 Å². The standard InChI is InChI=1S/C11H10FNO2S2/c12-8-3-4-11(10(13)6-8)17(14,15)7-9-2-1-5-16-9/h1-6H,7,13H2. The summed E-state index contributed by atoms with van der Waals surface area (Å²) in [5.41, 5.74) is 5.47. The van der Waals surface area contributed by atoms with Crippen molar-refractivity contribution in [3.05, 3.63) is 46.4 Å². The van der Waals surface area contributed by atoms with E-state index in [0.29, 0.717) is 0 Å². The molecule has 1 aromatic carbocycles. The minimum absolute atomic E-state index is 0.0210. The molecule has 2 aromatic rings. The Morgan fingerprint density at radius 3 is 2.65 bits per heavy atom. The van der Waals surface area contributed by atoms with Gasteiger partial charge >= 0.3 is 0 Å². The maximum atomic E-state index is 12.8. The van der Waals surface area contributed by atoms with Gasteiger partial charge in [-0.2, -0.15) is 0 Å². The van der Waals surface area contributed by atoms with Crippen LogP contribution in [-0.4, -0.2) is 8.42 Å². The summed E-state index contributed by atoms with van der Waals surface area (Å²) in [5.74, 6) is -0.655. The Morgan fingerprint density at radius 2 is 2.06 bits per heavy atom. The van der Waals surface area contributed by atoms with Crippen LogP contribution in [-0.2, 0) is 15.6 Å². The van der Waals surface area contributed by atoms with E-state index in [-0.39, 0.29) is 16.3 Å².